The van der Waals surface area contributed by atoms with Gasteiger partial charge in [-0.2, -0.15) is 5.26 Å². The fraction of sp³-hybridized carbons (Fsp3) is 0.111. The summed E-state index contributed by atoms with van der Waals surface area (Å²) >= 11 is 5.79. The van der Waals surface area contributed by atoms with Crippen LogP contribution < -0.4 is 10.1 Å². The minimum atomic E-state index is -0.200. The highest BCUT2D eigenvalue weighted by Crippen LogP contribution is 2.12. The smallest absolute Gasteiger partial charge is 0.244 e. The number of ether oxygens (including phenoxy) is 1. The molecule has 116 valence electrons. The Labute approximate surface area is 140 Å². The molecule has 0 aliphatic carbocycles. The highest BCUT2D eigenvalue weighted by Gasteiger charge is 1.98. The number of nitrogens with one attached hydrogen (secondary N) is 1. The van der Waals surface area contributed by atoms with E-state index in [0.29, 0.717) is 29.5 Å². The molecule has 0 spiro atoms. The Morgan fingerprint density at radius 2 is 2.04 bits per heavy atom. The molecular formula is C18H15ClN2O2. The Bertz CT molecular complexity index is 733. The molecule has 2 rings (SSSR count). The predicted octanol–water partition coefficient (Wildman–Crippen LogP) is 3.42. The summed E-state index contributed by atoms with van der Waals surface area (Å²) in [6.07, 6.45) is 3.17. The normalized spacial score (nSPS) is 10.3. The number of hydrogen-bond donors (Lipinski definition) is 1. The first-order valence-electron chi connectivity index (χ1n) is 7.02. The van der Waals surface area contributed by atoms with Gasteiger partial charge in [0.2, 0.25) is 5.91 Å². The van der Waals surface area contributed by atoms with E-state index in [1.165, 1.54) is 6.08 Å². The monoisotopic (exact) mass is 326 g/mol. The van der Waals surface area contributed by atoms with Crippen LogP contribution in [0.15, 0.2) is 54.6 Å². The van der Waals surface area contributed by atoms with Crippen molar-refractivity contribution < 1.29 is 9.53 Å². The van der Waals surface area contributed by atoms with E-state index in [1.807, 2.05) is 18.2 Å². The standard InChI is InChI=1S/C18H15ClN2O2/c19-16-7-4-14(5-8-16)6-9-18(22)21-10-11-23-17-3-1-2-15(12-17)13-20/h1-9,12H,10-11H2,(H,21,22)/b9-6+. The molecule has 0 unspecified atom stereocenters. The molecule has 4 nitrogen and oxygen atoms in total. The summed E-state index contributed by atoms with van der Waals surface area (Å²) in [7, 11) is 0. The molecule has 0 aliphatic heterocycles. The van der Waals surface area contributed by atoms with Crippen LogP contribution in [0.1, 0.15) is 11.1 Å². The summed E-state index contributed by atoms with van der Waals surface area (Å²) in [5, 5.41) is 12.2. The van der Waals surface area contributed by atoms with Crippen LogP contribution >= 0.6 is 11.6 Å². The second-order valence-electron chi connectivity index (χ2n) is 4.66. The second kappa shape index (κ2) is 8.62. The molecule has 0 atom stereocenters. The molecule has 0 bridgehead atoms. The van der Waals surface area contributed by atoms with Gasteiger partial charge in [0.05, 0.1) is 18.2 Å². The number of carbonyl (C=O) groups excluding carboxylic acids is 1. The van der Waals surface area contributed by atoms with Gasteiger partial charge in [0.15, 0.2) is 0 Å². The van der Waals surface area contributed by atoms with Crippen LogP contribution in [0, 0.1) is 11.3 Å². The van der Waals surface area contributed by atoms with Gasteiger partial charge < -0.3 is 10.1 Å². The van der Waals surface area contributed by atoms with Gasteiger partial charge >= 0.3 is 0 Å². The third-order valence-corrected chi connectivity index (χ3v) is 3.18. The third-order valence-electron chi connectivity index (χ3n) is 2.93. The average molecular weight is 327 g/mol. The van der Waals surface area contributed by atoms with Gasteiger partial charge in [-0.05, 0) is 42.0 Å². The maximum atomic E-state index is 11.7. The maximum absolute atomic E-state index is 11.7. The van der Waals surface area contributed by atoms with Crippen LogP contribution in [0.4, 0.5) is 0 Å². The van der Waals surface area contributed by atoms with Gasteiger partial charge in [0.1, 0.15) is 12.4 Å². The van der Waals surface area contributed by atoms with Crippen LogP contribution in [-0.4, -0.2) is 19.1 Å². The van der Waals surface area contributed by atoms with Crippen LogP contribution in [0.25, 0.3) is 6.08 Å². The molecule has 0 fully saturated rings. The summed E-state index contributed by atoms with van der Waals surface area (Å²) in [5.74, 6) is 0.407. The van der Waals surface area contributed by atoms with Crippen LogP contribution in [0.2, 0.25) is 5.02 Å². The first-order valence-corrected chi connectivity index (χ1v) is 7.39. The molecule has 2 aromatic rings. The number of carbonyl (C=O) groups is 1. The van der Waals surface area contributed by atoms with E-state index in [2.05, 4.69) is 5.32 Å². The summed E-state index contributed by atoms with van der Waals surface area (Å²) in [5.41, 5.74) is 1.44. The summed E-state index contributed by atoms with van der Waals surface area (Å²) in [6.45, 7) is 0.704. The van der Waals surface area contributed by atoms with Gasteiger partial charge in [0, 0.05) is 11.1 Å². The SMILES string of the molecule is N#Cc1cccc(OCCNC(=O)/C=C/c2ccc(Cl)cc2)c1. The first-order chi connectivity index (χ1) is 11.2. The number of halogens is 1. The van der Waals surface area contributed by atoms with Crippen molar-refractivity contribution in [1.82, 2.24) is 5.32 Å². The van der Waals surface area contributed by atoms with Crippen molar-refractivity contribution in [2.45, 2.75) is 0 Å². The number of rotatable bonds is 6. The van der Waals surface area contributed by atoms with E-state index >= 15 is 0 Å². The van der Waals surface area contributed by atoms with Crippen LogP contribution in [0.5, 0.6) is 5.75 Å². The zero-order chi connectivity index (χ0) is 16.5. The number of amides is 1. The molecule has 0 aromatic heterocycles. The van der Waals surface area contributed by atoms with Crippen molar-refractivity contribution in [3.05, 3.63) is 70.8 Å². The van der Waals surface area contributed by atoms with E-state index in [1.54, 1.807) is 42.5 Å². The lowest BCUT2D eigenvalue weighted by Gasteiger charge is -2.06. The van der Waals surface area contributed by atoms with E-state index in [0.717, 1.165) is 5.56 Å². The highest BCUT2D eigenvalue weighted by molar-refractivity contribution is 6.30. The predicted molar refractivity (Wildman–Crippen MR) is 90.1 cm³/mol. The van der Waals surface area contributed by atoms with Crippen molar-refractivity contribution in [3.63, 3.8) is 0 Å². The Hall–Kier alpha value is -2.77. The Balaban J connectivity index is 1.72. The van der Waals surface area contributed by atoms with Crippen molar-refractivity contribution in [2.24, 2.45) is 0 Å². The van der Waals surface area contributed by atoms with Gasteiger partial charge in [0.25, 0.3) is 0 Å². The molecule has 23 heavy (non-hydrogen) atoms. The Morgan fingerprint density at radius 1 is 1.26 bits per heavy atom. The molecule has 0 saturated carbocycles. The largest absolute Gasteiger partial charge is 0.492 e. The number of nitrogens with zero attached hydrogens (tertiary/aromatic N) is 1. The minimum Gasteiger partial charge on any atom is -0.492 e. The van der Waals surface area contributed by atoms with Crippen molar-refractivity contribution in [1.29, 1.82) is 5.26 Å². The lowest BCUT2D eigenvalue weighted by atomic mass is 10.2. The Morgan fingerprint density at radius 3 is 2.78 bits per heavy atom. The fourth-order valence-electron chi connectivity index (χ4n) is 1.80. The average Bonchev–Trinajstić information content (AvgIpc) is 2.58. The summed E-state index contributed by atoms with van der Waals surface area (Å²) in [6, 6.07) is 16.1. The Kier molecular flexibility index (Phi) is 6.22. The lowest BCUT2D eigenvalue weighted by molar-refractivity contribution is -0.116. The molecule has 0 saturated heterocycles. The van der Waals surface area contributed by atoms with Crippen molar-refractivity contribution >= 4 is 23.6 Å². The van der Waals surface area contributed by atoms with Crippen molar-refractivity contribution in [2.75, 3.05) is 13.2 Å². The quantitative estimate of drug-likeness (QED) is 0.653. The molecule has 0 aliphatic rings. The highest BCUT2D eigenvalue weighted by atomic mass is 35.5. The molecule has 1 N–H and O–H groups in total. The van der Waals surface area contributed by atoms with Gasteiger partial charge in [-0.15, -0.1) is 0 Å². The molecule has 5 heteroatoms. The first kappa shape index (κ1) is 16.6. The molecule has 0 heterocycles. The zero-order valence-electron chi connectivity index (χ0n) is 12.3. The van der Waals surface area contributed by atoms with Gasteiger partial charge in [-0.3, -0.25) is 4.79 Å². The molecule has 0 radical (unpaired) electrons. The fourth-order valence-corrected chi connectivity index (χ4v) is 1.93. The van der Waals surface area contributed by atoms with E-state index in [9.17, 15) is 4.79 Å². The third kappa shape index (κ3) is 5.85. The van der Waals surface area contributed by atoms with Crippen molar-refractivity contribution in [3.8, 4) is 11.8 Å². The molecular weight excluding hydrogens is 312 g/mol. The number of hydrogen-bond acceptors (Lipinski definition) is 3. The van der Waals surface area contributed by atoms with E-state index in [-0.39, 0.29) is 5.91 Å². The summed E-state index contributed by atoms with van der Waals surface area (Å²) < 4.78 is 5.47. The van der Waals surface area contributed by atoms with E-state index < -0.39 is 0 Å². The maximum Gasteiger partial charge on any atom is 0.244 e. The lowest BCUT2D eigenvalue weighted by Crippen LogP contribution is -2.26. The number of nitriles is 1. The van der Waals surface area contributed by atoms with Gasteiger partial charge in [-0.1, -0.05) is 29.8 Å². The van der Waals surface area contributed by atoms with Crippen LogP contribution in [-0.2, 0) is 4.79 Å². The summed E-state index contributed by atoms with van der Waals surface area (Å²) in [4.78, 5) is 11.7. The molecule has 1 amide bonds. The molecule has 2 aromatic carbocycles. The zero-order valence-corrected chi connectivity index (χ0v) is 13.1. The second-order valence-corrected chi connectivity index (χ2v) is 5.10. The topological polar surface area (TPSA) is 62.1 Å². The van der Waals surface area contributed by atoms with E-state index in [4.69, 9.17) is 21.6 Å². The van der Waals surface area contributed by atoms with Crippen LogP contribution in [0.3, 0.4) is 0 Å². The number of benzene rings is 2. The minimum absolute atomic E-state index is 0.200. The van der Waals surface area contributed by atoms with Gasteiger partial charge in [-0.25, -0.2) is 0 Å².